The largest absolute Gasteiger partial charge is 0.339 e. The van der Waals surface area contributed by atoms with Crippen molar-refractivity contribution in [1.29, 1.82) is 0 Å². The predicted octanol–water partition coefficient (Wildman–Crippen LogP) is 2.60. The van der Waals surface area contributed by atoms with Crippen LogP contribution in [-0.2, 0) is 12.8 Å². The van der Waals surface area contributed by atoms with E-state index in [0.29, 0.717) is 40.2 Å². The zero-order valence-corrected chi connectivity index (χ0v) is 13.5. The molecule has 2 heterocycles. The van der Waals surface area contributed by atoms with E-state index in [1.807, 2.05) is 24.3 Å². The number of nitrogens with one attached hydrogen (secondary N) is 1. The lowest BCUT2D eigenvalue weighted by Gasteiger charge is -2.01. The van der Waals surface area contributed by atoms with Crippen LogP contribution in [0.25, 0.3) is 0 Å². The Kier molecular flexibility index (Phi) is 4.25. The SMILES string of the molecule is Cc1nc(C)c(Cc2nc(Cc3ccc(Cl)cc3)no2)c(=O)[nH]1. The molecule has 1 N–H and O–H groups in total. The van der Waals surface area contributed by atoms with E-state index in [0.717, 1.165) is 5.56 Å². The van der Waals surface area contributed by atoms with Crippen molar-refractivity contribution in [2.75, 3.05) is 0 Å². The summed E-state index contributed by atoms with van der Waals surface area (Å²) in [5, 5.41) is 4.64. The molecule has 0 saturated carbocycles. The van der Waals surface area contributed by atoms with Gasteiger partial charge in [-0.3, -0.25) is 4.79 Å². The van der Waals surface area contributed by atoms with Gasteiger partial charge in [0.25, 0.3) is 5.56 Å². The Morgan fingerprint density at radius 3 is 2.57 bits per heavy atom. The zero-order chi connectivity index (χ0) is 16.4. The number of benzene rings is 1. The van der Waals surface area contributed by atoms with E-state index in [9.17, 15) is 4.79 Å². The Morgan fingerprint density at radius 1 is 1.13 bits per heavy atom. The van der Waals surface area contributed by atoms with E-state index >= 15 is 0 Å². The molecule has 3 rings (SSSR count). The van der Waals surface area contributed by atoms with Gasteiger partial charge in [-0.2, -0.15) is 4.98 Å². The number of nitrogens with zero attached hydrogens (tertiary/aromatic N) is 3. The van der Waals surface area contributed by atoms with E-state index in [1.165, 1.54) is 0 Å². The third kappa shape index (κ3) is 3.65. The summed E-state index contributed by atoms with van der Waals surface area (Å²) in [4.78, 5) is 23.3. The smallest absolute Gasteiger partial charge is 0.254 e. The van der Waals surface area contributed by atoms with Crippen LogP contribution in [0.15, 0.2) is 33.6 Å². The number of aromatic nitrogens is 4. The highest BCUT2D eigenvalue weighted by Crippen LogP contribution is 2.13. The number of aryl methyl sites for hydroxylation is 2. The van der Waals surface area contributed by atoms with Crippen molar-refractivity contribution >= 4 is 11.6 Å². The van der Waals surface area contributed by atoms with Crippen LogP contribution < -0.4 is 5.56 Å². The van der Waals surface area contributed by atoms with Gasteiger partial charge in [0.05, 0.1) is 6.42 Å². The first-order valence-electron chi connectivity index (χ1n) is 7.13. The second kappa shape index (κ2) is 6.34. The summed E-state index contributed by atoms with van der Waals surface area (Å²) in [5.41, 5.74) is 2.07. The first kappa shape index (κ1) is 15.4. The molecule has 3 aromatic rings. The molecule has 0 saturated heterocycles. The molecule has 0 unspecified atom stereocenters. The summed E-state index contributed by atoms with van der Waals surface area (Å²) in [7, 11) is 0. The van der Waals surface area contributed by atoms with Gasteiger partial charge in [0.1, 0.15) is 5.82 Å². The fourth-order valence-corrected chi connectivity index (χ4v) is 2.46. The van der Waals surface area contributed by atoms with E-state index in [4.69, 9.17) is 16.1 Å². The lowest BCUT2D eigenvalue weighted by molar-refractivity contribution is 0.379. The first-order chi connectivity index (χ1) is 11.0. The van der Waals surface area contributed by atoms with Gasteiger partial charge in [0.2, 0.25) is 5.89 Å². The number of H-pyrrole nitrogens is 1. The highest BCUT2D eigenvalue weighted by atomic mass is 35.5. The summed E-state index contributed by atoms with van der Waals surface area (Å²) < 4.78 is 5.24. The van der Waals surface area contributed by atoms with Crippen LogP contribution >= 0.6 is 11.6 Å². The zero-order valence-electron chi connectivity index (χ0n) is 12.8. The number of rotatable bonds is 4. The first-order valence-corrected chi connectivity index (χ1v) is 7.51. The van der Waals surface area contributed by atoms with Crippen molar-refractivity contribution in [2.45, 2.75) is 26.7 Å². The van der Waals surface area contributed by atoms with Crippen LogP contribution in [0.4, 0.5) is 0 Å². The van der Waals surface area contributed by atoms with Gasteiger partial charge in [-0.1, -0.05) is 28.9 Å². The average molecular weight is 331 g/mol. The lowest BCUT2D eigenvalue weighted by Crippen LogP contribution is -2.18. The number of hydrogen-bond acceptors (Lipinski definition) is 5. The Labute approximate surface area is 137 Å². The molecule has 7 heteroatoms. The predicted molar refractivity (Wildman–Crippen MR) is 85.7 cm³/mol. The molecule has 23 heavy (non-hydrogen) atoms. The second-order valence-corrected chi connectivity index (χ2v) is 5.74. The van der Waals surface area contributed by atoms with Crippen molar-refractivity contribution in [3.05, 3.63) is 74.0 Å². The molecule has 0 amide bonds. The fraction of sp³-hybridized carbons (Fsp3) is 0.250. The second-order valence-electron chi connectivity index (χ2n) is 5.30. The minimum Gasteiger partial charge on any atom is -0.339 e. The van der Waals surface area contributed by atoms with Crippen molar-refractivity contribution in [3.8, 4) is 0 Å². The van der Waals surface area contributed by atoms with Crippen LogP contribution in [-0.4, -0.2) is 20.1 Å². The van der Waals surface area contributed by atoms with Gasteiger partial charge in [0.15, 0.2) is 5.82 Å². The van der Waals surface area contributed by atoms with Crippen molar-refractivity contribution in [3.63, 3.8) is 0 Å². The fourth-order valence-electron chi connectivity index (χ4n) is 2.33. The molecule has 0 radical (unpaired) electrons. The molecule has 0 spiro atoms. The minimum atomic E-state index is -0.174. The molecule has 0 fully saturated rings. The molecule has 0 aliphatic carbocycles. The van der Waals surface area contributed by atoms with Crippen molar-refractivity contribution in [2.24, 2.45) is 0 Å². The van der Waals surface area contributed by atoms with Gasteiger partial charge in [-0.25, -0.2) is 4.98 Å². The van der Waals surface area contributed by atoms with E-state index in [2.05, 4.69) is 20.1 Å². The highest BCUT2D eigenvalue weighted by molar-refractivity contribution is 6.30. The Hall–Kier alpha value is -2.47. The number of halogens is 1. The van der Waals surface area contributed by atoms with Gasteiger partial charge in [-0.05, 0) is 31.5 Å². The standard InChI is InChI=1S/C16H15ClN4O2/c1-9-13(16(22)19-10(2)18-9)8-15-20-14(21-23-15)7-11-3-5-12(17)6-4-11/h3-6H,7-8H2,1-2H3,(H,18,19,22). The quantitative estimate of drug-likeness (QED) is 0.794. The maximum Gasteiger partial charge on any atom is 0.254 e. The van der Waals surface area contributed by atoms with Crippen LogP contribution in [0.2, 0.25) is 5.02 Å². The molecule has 118 valence electrons. The van der Waals surface area contributed by atoms with Crippen LogP contribution in [0.5, 0.6) is 0 Å². The molecule has 0 atom stereocenters. The maximum atomic E-state index is 12.0. The third-order valence-corrected chi connectivity index (χ3v) is 3.71. The molecule has 0 aliphatic heterocycles. The molecule has 6 nitrogen and oxygen atoms in total. The molecular weight excluding hydrogens is 316 g/mol. The Morgan fingerprint density at radius 2 is 1.87 bits per heavy atom. The summed E-state index contributed by atoms with van der Waals surface area (Å²) >= 11 is 5.86. The topological polar surface area (TPSA) is 84.7 Å². The van der Waals surface area contributed by atoms with E-state index < -0.39 is 0 Å². The monoisotopic (exact) mass is 330 g/mol. The van der Waals surface area contributed by atoms with Gasteiger partial charge >= 0.3 is 0 Å². The molecule has 2 aromatic heterocycles. The molecule has 1 aromatic carbocycles. The van der Waals surface area contributed by atoms with Crippen LogP contribution in [0.1, 0.15) is 34.4 Å². The van der Waals surface area contributed by atoms with Crippen molar-refractivity contribution in [1.82, 2.24) is 20.1 Å². The normalized spacial score (nSPS) is 10.9. The highest BCUT2D eigenvalue weighted by Gasteiger charge is 2.13. The van der Waals surface area contributed by atoms with Crippen LogP contribution in [0.3, 0.4) is 0 Å². The number of aromatic amines is 1. The summed E-state index contributed by atoms with van der Waals surface area (Å²) in [6, 6.07) is 7.46. The van der Waals surface area contributed by atoms with E-state index in [1.54, 1.807) is 13.8 Å². The molecule has 0 bridgehead atoms. The third-order valence-electron chi connectivity index (χ3n) is 3.45. The van der Waals surface area contributed by atoms with Gasteiger partial charge < -0.3 is 9.51 Å². The lowest BCUT2D eigenvalue weighted by atomic mass is 10.1. The number of hydrogen-bond donors (Lipinski definition) is 1. The maximum absolute atomic E-state index is 12.0. The summed E-state index contributed by atoms with van der Waals surface area (Å²) in [6.07, 6.45) is 0.810. The molecular formula is C16H15ClN4O2. The minimum absolute atomic E-state index is 0.174. The molecule has 0 aliphatic rings. The van der Waals surface area contributed by atoms with Gasteiger partial charge in [0, 0.05) is 22.7 Å². The Balaban J connectivity index is 1.77. The van der Waals surface area contributed by atoms with Crippen LogP contribution in [0, 0.1) is 13.8 Å². The van der Waals surface area contributed by atoms with E-state index in [-0.39, 0.29) is 12.0 Å². The summed E-state index contributed by atoms with van der Waals surface area (Å²) in [5.74, 6) is 1.55. The average Bonchev–Trinajstić information content (AvgIpc) is 2.93. The van der Waals surface area contributed by atoms with Crippen molar-refractivity contribution < 1.29 is 4.52 Å². The summed E-state index contributed by atoms with van der Waals surface area (Å²) in [6.45, 7) is 3.54. The Bertz CT molecular complexity index is 884. The van der Waals surface area contributed by atoms with Gasteiger partial charge in [-0.15, -0.1) is 0 Å².